The van der Waals surface area contributed by atoms with E-state index in [9.17, 15) is 19.8 Å². The van der Waals surface area contributed by atoms with Crippen LogP contribution in [0.2, 0.25) is 0 Å². The molecule has 172 valence electrons. The molecule has 30 heavy (non-hydrogen) atoms. The Labute approximate surface area is 179 Å². The molecule has 0 spiro atoms. The van der Waals surface area contributed by atoms with Gasteiger partial charge in [-0.25, -0.2) is 0 Å². The van der Waals surface area contributed by atoms with Crippen molar-refractivity contribution < 1.29 is 34.8 Å². The van der Waals surface area contributed by atoms with Crippen LogP contribution in [0.5, 0.6) is 0 Å². The third-order valence-electron chi connectivity index (χ3n) is 5.41. The number of allylic oxidation sites excluding steroid dienone is 3. The second kappa shape index (κ2) is 15.3. The average Bonchev–Trinajstić information content (AvgIpc) is 2.99. The van der Waals surface area contributed by atoms with Gasteiger partial charge >= 0.3 is 5.97 Å². The molecule has 4 atom stereocenters. The van der Waals surface area contributed by atoms with Crippen LogP contribution in [-0.2, 0) is 14.3 Å². The molecule has 0 aromatic heterocycles. The quantitative estimate of drug-likeness (QED) is 0.179. The van der Waals surface area contributed by atoms with Crippen molar-refractivity contribution in [3.05, 3.63) is 24.3 Å². The minimum Gasteiger partial charge on any atom is -0.457 e. The molecule has 1 aliphatic rings. The fraction of sp³-hybridized carbons (Fsp3) is 0.739. The van der Waals surface area contributed by atoms with Gasteiger partial charge in [0.15, 0.2) is 0 Å². The van der Waals surface area contributed by atoms with Crippen LogP contribution in [0.1, 0.15) is 64.7 Å². The minimum absolute atomic E-state index is 0.00275. The van der Waals surface area contributed by atoms with Crippen LogP contribution in [0.15, 0.2) is 24.3 Å². The summed E-state index contributed by atoms with van der Waals surface area (Å²) in [5.41, 5.74) is 0. The number of hydrogen-bond donors (Lipinski definition) is 4. The lowest BCUT2D eigenvalue weighted by Gasteiger charge is -2.17. The van der Waals surface area contributed by atoms with E-state index in [4.69, 9.17) is 14.9 Å². The Morgan fingerprint density at radius 2 is 1.93 bits per heavy atom. The molecule has 1 aliphatic carbocycles. The molecule has 1 rings (SSSR count). The fourth-order valence-electron chi connectivity index (χ4n) is 3.59. The Morgan fingerprint density at radius 1 is 1.20 bits per heavy atom. The Bertz CT molecular complexity index is 554. The van der Waals surface area contributed by atoms with Crippen LogP contribution < -0.4 is 0 Å². The van der Waals surface area contributed by atoms with Gasteiger partial charge in [0, 0.05) is 24.7 Å². The molecule has 7 nitrogen and oxygen atoms in total. The number of carbonyl (C=O) groups excluding carboxylic acids is 2. The molecule has 0 heterocycles. The number of rotatable bonds is 15. The van der Waals surface area contributed by atoms with E-state index >= 15 is 0 Å². The number of carbonyl (C=O) groups is 2. The Balaban J connectivity index is 2.40. The molecule has 0 amide bonds. The summed E-state index contributed by atoms with van der Waals surface area (Å²) in [6, 6.07) is 0. The zero-order chi connectivity index (χ0) is 22.4. The summed E-state index contributed by atoms with van der Waals surface area (Å²) in [7, 11) is 0. The van der Waals surface area contributed by atoms with Crippen molar-refractivity contribution in [2.45, 2.75) is 83.0 Å². The van der Waals surface area contributed by atoms with Gasteiger partial charge in [0.1, 0.15) is 11.9 Å². The van der Waals surface area contributed by atoms with Gasteiger partial charge in [0.2, 0.25) is 0 Å². The van der Waals surface area contributed by atoms with E-state index in [1.165, 1.54) is 0 Å². The molecule has 0 saturated heterocycles. The van der Waals surface area contributed by atoms with Crippen LogP contribution in [0, 0.1) is 11.8 Å². The summed E-state index contributed by atoms with van der Waals surface area (Å²) < 4.78 is 4.89. The summed E-state index contributed by atoms with van der Waals surface area (Å²) in [6.45, 7) is 1.29. The van der Waals surface area contributed by atoms with Crippen molar-refractivity contribution in [1.82, 2.24) is 0 Å². The summed E-state index contributed by atoms with van der Waals surface area (Å²) in [4.78, 5) is 23.8. The van der Waals surface area contributed by atoms with Crippen molar-refractivity contribution in [3.63, 3.8) is 0 Å². The van der Waals surface area contributed by atoms with Crippen molar-refractivity contribution in [2.24, 2.45) is 11.8 Å². The predicted molar refractivity (Wildman–Crippen MR) is 114 cm³/mol. The van der Waals surface area contributed by atoms with Crippen molar-refractivity contribution in [3.8, 4) is 0 Å². The van der Waals surface area contributed by atoms with Gasteiger partial charge in [-0.3, -0.25) is 9.59 Å². The van der Waals surface area contributed by atoms with E-state index in [1.807, 2.05) is 12.2 Å². The lowest BCUT2D eigenvalue weighted by Crippen LogP contribution is -2.25. The first-order valence-electron chi connectivity index (χ1n) is 11.1. The molecule has 0 radical (unpaired) electrons. The van der Waals surface area contributed by atoms with Crippen LogP contribution in [0.3, 0.4) is 0 Å². The number of ether oxygens (including phenoxy) is 1. The normalized spacial score (nSPS) is 23.1. The summed E-state index contributed by atoms with van der Waals surface area (Å²) in [5, 5.41) is 38.0. The first-order valence-corrected chi connectivity index (χ1v) is 11.1. The third-order valence-corrected chi connectivity index (χ3v) is 5.41. The summed E-state index contributed by atoms with van der Waals surface area (Å²) >= 11 is 0. The van der Waals surface area contributed by atoms with E-state index in [0.29, 0.717) is 25.7 Å². The molecular weight excluding hydrogens is 388 g/mol. The van der Waals surface area contributed by atoms with Crippen LogP contribution in [-0.4, -0.2) is 63.7 Å². The number of esters is 1. The van der Waals surface area contributed by atoms with E-state index in [1.54, 1.807) is 12.2 Å². The highest BCUT2D eigenvalue weighted by Gasteiger charge is 2.39. The number of aliphatic hydroxyl groups excluding tert-OH is 4. The largest absolute Gasteiger partial charge is 0.457 e. The summed E-state index contributed by atoms with van der Waals surface area (Å²) in [6.07, 6.45) is 11.0. The maximum absolute atomic E-state index is 12.2. The lowest BCUT2D eigenvalue weighted by atomic mass is 9.90. The van der Waals surface area contributed by atoms with E-state index in [0.717, 1.165) is 19.3 Å². The standard InChI is InChI=1S/C23H38O7/c1-2-3-6-9-17(26)12-13-20-19(21(27)14-22(20)28)10-7-4-5-8-11-23(29)30-18(15-24)16-25/h4,7,12-13,17-21,24-27H,2-3,5-6,8-11,14-16H2,1H3. The fourth-order valence-corrected chi connectivity index (χ4v) is 3.59. The van der Waals surface area contributed by atoms with Gasteiger partial charge in [-0.05, 0) is 25.7 Å². The first-order chi connectivity index (χ1) is 14.4. The monoisotopic (exact) mass is 426 g/mol. The van der Waals surface area contributed by atoms with E-state index in [-0.39, 0.29) is 30.5 Å². The van der Waals surface area contributed by atoms with Gasteiger partial charge in [0.25, 0.3) is 0 Å². The molecule has 4 unspecified atom stereocenters. The topological polar surface area (TPSA) is 124 Å². The highest BCUT2D eigenvalue weighted by atomic mass is 16.6. The van der Waals surface area contributed by atoms with E-state index < -0.39 is 37.5 Å². The highest BCUT2D eigenvalue weighted by molar-refractivity contribution is 5.86. The maximum Gasteiger partial charge on any atom is 0.306 e. The van der Waals surface area contributed by atoms with Gasteiger partial charge < -0.3 is 25.2 Å². The van der Waals surface area contributed by atoms with Gasteiger partial charge in [-0.1, -0.05) is 50.5 Å². The molecule has 0 aliphatic heterocycles. The van der Waals surface area contributed by atoms with Crippen molar-refractivity contribution in [1.29, 1.82) is 0 Å². The zero-order valence-electron chi connectivity index (χ0n) is 18.0. The highest BCUT2D eigenvalue weighted by Crippen LogP contribution is 2.33. The van der Waals surface area contributed by atoms with Gasteiger partial charge in [-0.15, -0.1) is 0 Å². The molecule has 1 fully saturated rings. The number of unbranched alkanes of at least 4 members (excludes halogenated alkanes) is 3. The zero-order valence-corrected chi connectivity index (χ0v) is 18.0. The van der Waals surface area contributed by atoms with Crippen molar-refractivity contribution >= 4 is 11.8 Å². The SMILES string of the molecule is CCCCCC(O)C=CC1C(=O)CC(O)C1CC=CCCCC(=O)OC(CO)CO. The Morgan fingerprint density at radius 3 is 2.60 bits per heavy atom. The molecule has 0 aromatic carbocycles. The van der Waals surface area contributed by atoms with Crippen molar-refractivity contribution in [2.75, 3.05) is 13.2 Å². The Hall–Kier alpha value is -1.54. The minimum atomic E-state index is -0.871. The number of hydrogen-bond acceptors (Lipinski definition) is 7. The second-order valence-corrected chi connectivity index (χ2v) is 7.95. The first kappa shape index (κ1) is 26.5. The molecule has 0 aromatic rings. The molecule has 0 bridgehead atoms. The third kappa shape index (κ3) is 9.98. The molecule has 7 heteroatoms. The van der Waals surface area contributed by atoms with Crippen LogP contribution >= 0.6 is 0 Å². The van der Waals surface area contributed by atoms with Gasteiger partial charge in [-0.2, -0.15) is 0 Å². The Kier molecular flexibility index (Phi) is 13.5. The number of Topliss-reactive ketones (excluding diaryl/α,β-unsaturated/α-hetero) is 1. The predicted octanol–water partition coefficient (Wildman–Crippen LogP) is 2.06. The second-order valence-electron chi connectivity index (χ2n) is 7.95. The molecule has 1 saturated carbocycles. The maximum atomic E-state index is 12.2. The van der Waals surface area contributed by atoms with E-state index in [2.05, 4.69) is 6.92 Å². The molecular formula is C23H38O7. The molecule has 4 N–H and O–H groups in total. The number of ketones is 1. The summed E-state index contributed by atoms with van der Waals surface area (Å²) in [5.74, 6) is -1.04. The average molecular weight is 427 g/mol. The van der Waals surface area contributed by atoms with Crippen LogP contribution in [0.4, 0.5) is 0 Å². The smallest absolute Gasteiger partial charge is 0.306 e. The van der Waals surface area contributed by atoms with Crippen LogP contribution in [0.25, 0.3) is 0 Å². The number of aliphatic hydroxyl groups is 4. The van der Waals surface area contributed by atoms with Gasteiger partial charge in [0.05, 0.1) is 25.4 Å². The lowest BCUT2D eigenvalue weighted by molar-refractivity contribution is -0.153.